The van der Waals surface area contributed by atoms with Crippen molar-refractivity contribution in [2.45, 2.75) is 6.18 Å². The summed E-state index contributed by atoms with van der Waals surface area (Å²) in [5, 5.41) is 8.97. The van der Waals surface area contributed by atoms with Crippen LogP contribution in [0.3, 0.4) is 0 Å². The third kappa shape index (κ3) is 3.69. The molecule has 0 atom stereocenters. The van der Waals surface area contributed by atoms with Gasteiger partial charge in [-0.2, -0.15) is 13.2 Å². The Morgan fingerprint density at radius 2 is 2.00 bits per heavy atom. The number of carboxylic acids is 1. The van der Waals surface area contributed by atoms with Gasteiger partial charge in [-0.05, 0) is 34.1 Å². The van der Waals surface area contributed by atoms with Crippen LogP contribution in [-0.2, 0) is 6.18 Å². The predicted octanol–water partition coefficient (Wildman–Crippen LogP) is 3.75. The standard InChI is InChI=1S/C12H6BrF3N2O3/c13-6-3-7(5-17-4-6)21-10-8(11(19)20)1-2-9(18-10)12(14,15)16/h1-5H,(H,19,20). The number of carboxylic acid groups (broad SMARTS) is 1. The van der Waals surface area contributed by atoms with Crippen molar-refractivity contribution in [2.75, 3.05) is 0 Å². The molecule has 2 rings (SSSR count). The first-order valence-corrected chi connectivity index (χ1v) is 6.16. The SMILES string of the molecule is O=C(O)c1ccc(C(F)(F)F)nc1Oc1cncc(Br)c1. The summed E-state index contributed by atoms with van der Waals surface area (Å²) in [4.78, 5) is 18.0. The monoisotopic (exact) mass is 362 g/mol. The summed E-state index contributed by atoms with van der Waals surface area (Å²) in [7, 11) is 0. The number of carbonyl (C=O) groups is 1. The first kappa shape index (κ1) is 15.2. The van der Waals surface area contributed by atoms with Gasteiger partial charge in [0.2, 0.25) is 5.88 Å². The van der Waals surface area contributed by atoms with Crippen LogP contribution in [0, 0.1) is 0 Å². The maximum absolute atomic E-state index is 12.6. The lowest BCUT2D eigenvalue weighted by Gasteiger charge is -2.11. The Balaban J connectivity index is 2.46. The van der Waals surface area contributed by atoms with E-state index in [4.69, 9.17) is 9.84 Å². The van der Waals surface area contributed by atoms with Gasteiger partial charge in [-0.15, -0.1) is 0 Å². The molecule has 0 aliphatic rings. The van der Waals surface area contributed by atoms with Crippen LogP contribution < -0.4 is 4.74 Å². The molecule has 21 heavy (non-hydrogen) atoms. The van der Waals surface area contributed by atoms with Crippen molar-refractivity contribution in [1.29, 1.82) is 0 Å². The molecule has 2 aromatic heterocycles. The summed E-state index contributed by atoms with van der Waals surface area (Å²) in [6.07, 6.45) is -2.05. The molecule has 9 heteroatoms. The van der Waals surface area contributed by atoms with Crippen molar-refractivity contribution >= 4 is 21.9 Å². The van der Waals surface area contributed by atoms with Crippen LogP contribution in [0.15, 0.2) is 35.1 Å². The Morgan fingerprint density at radius 1 is 1.29 bits per heavy atom. The van der Waals surface area contributed by atoms with E-state index in [1.165, 1.54) is 18.5 Å². The van der Waals surface area contributed by atoms with Crippen molar-refractivity contribution in [1.82, 2.24) is 9.97 Å². The van der Waals surface area contributed by atoms with E-state index in [-0.39, 0.29) is 5.75 Å². The molecular weight excluding hydrogens is 357 g/mol. The number of nitrogens with zero attached hydrogens (tertiary/aromatic N) is 2. The Bertz CT molecular complexity index is 692. The predicted molar refractivity (Wildman–Crippen MR) is 68.2 cm³/mol. The zero-order valence-corrected chi connectivity index (χ0v) is 11.6. The van der Waals surface area contributed by atoms with Gasteiger partial charge in [-0.3, -0.25) is 4.98 Å². The molecule has 0 aliphatic heterocycles. The highest BCUT2D eigenvalue weighted by Gasteiger charge is 2.34. The first-order chi connectivity index (χ1) is 9.77. The van der Waals surface area contributed by atoms with E-state index in [1.54, 1.807) is 0 Å². The maximum atomic E-state index is 12.6. The molecule has 0 aliphatic carbocycles. The molecule has 0 spiro atoms. The molecule has 0 amide bonds. The topological polar surface area (TPSA) is 72.3 Å². The average Bonchev–Trinajstić information content (AvgIpc) is 2.37. The van der Waals surface area contributed by atoms with Gasteiger partial charge in [0.1, 0.15) is 17.0 Å². The highest BCUT2D eigenvalue weighted by atomic mass is 79.9. The lowest BCUT2D eigenvalue weighted by atomic mass is 10.2. The van der Waals surface area contributed by atoms with Gasteiger partial charge in [0.05, 0.1) is 6.20 Å². The summed E-state index contributed by atoms with van der Waals surface area (Å²) in [6.45, 7) is 0. The van der Waals surface area contributed by atoms with Crippen molar-refractivity contribution in [3.8, 4) is 11.6 Å². The van der Waals surface area contributed by atoms with E-state index in [9.17, 15) is 18.0 Å². The Labute approximate surface area is 124 Å². The Hall–Kier alpha value is -2.16. The smallest absolute Gasteiger partial charge is 0.433 e. The van der Waals surface area contributed by atoms with Crippen molar-refractivity contribution in [3.05, 3.63) is 46.3 Å². The number of aromatic carboxylic acids is 1. The van der Waals surface area contributed by atoms with Gasteiger partial charge in [0.15, 0.2) is 0 Å². The molecule has 0 unspecified atom stereocenters. The molecule has 0 radical (unpaired) electrons. The van der Waals surface area contributed by atoms with Gasteiger partial charge in [0, 0.05) is 10.7 Å². The van der Waals surface area contributed by atoms with E-state index in [1.807, 2.05) is 0 Å². The summed E-state index contributed by atoms with van der Waals surface area (Å²) in [5.74, 6) is -2.05. The molecule has 1 N–H and O–H groups in total. The van der Waals surface area contributed by atoms with E-state index >= 15 is 0 Å². The van der Waals surface area contributed by atoms with Gasteiger partial charge in [0.25, 0.3) is 0 Å². The lowest BCUT2D eigenvalue weighted by Crippen LogP contribution is -2.11. The third-order valence-electron chi connectivity index (χ3n) is 2.28. The molecular formula is C12H6BrF3N2O3. The minimum atomic E-state index is -4.70. The molecule has 0 saturated carbocycles. The second-order valence-corrected chi connectivity index (χ2v) is 4.71. The fourth-order valence-corrected chi connectivity index (χ4v) is 1.74. The van der Waals surface area contributed by atoms with Crippen LogP contribution in [0.4, 0.5) is 13.2 Å². The van der Waals surface area contributed by atoms with Gasteiger partial charge < -0.3 is 9.84 Å². The van der Waals surface area contributed by atoms with Crippen LogP contribution in [0.1, 0.15) is 16.1 Å². The van der Waals surface area contributed by atoms with Gasteiger partial charge in [-0.25, -0.2) is 9.78 Å². The molecule has 2 heterocycles. The van der Waals surface area contributed by atoms with E-state index in [0.717, 1.165) is 6.07 Å². The van der Waals surface area contributed by atoms with Crippen molar-refractivity contribution in [2.24, 2.45) is 0 Å². The molecule has 110 valence electrons. The molecule has 2 aromatic rings. The molecule has 0 saturated heterocycles. The summed E-state index contributed by atoms with van der Waals surface area (Å²) < 4.78 is 43.5. The number of pyridine rings is 2. The maximum Gasteiger partial charge on any atom is 0.433 e. The van der Waals surface area contributed by atoms with Crippen LogP contribution in [0.2, 0.25) is 0 Å². The Morgan fingerprint density at radius 3 is 2.57 bits per heavy atom. The number of ether oxygens (including phenoxy) is 1. The second-order valence-electron chi connectivity index (χ2n) is 3.79. The molecule has 0 bridgehead atoms. The van der Waals surface area contributed by atoms with Gasteiger partial charge in [-0.1, -0.05) is 0 Å². The van der Waals surface area contributed by atoms with Crippen molar-refractivity contribution in [3.63, 3.8) is 0 Å². The normalized spacial score (nSPS) is 11.2. The lowest BCUT2D eigenvalue weighted by molar-refractivity contribution is -0.141. The van der Waals surface area contributed by atoms with Crippen molar-refractivity contribution < 1.29 is 27.8 Å². The minimum Gasteiger partial charge on any atom is -0.477 e. The highest BCUT2D eigenvalue weighted by molar-refractivity contribution is 9.10. The van der Waals surface area contributed by atoms with Crippen LogP contribution in [0.25, 0.3) is 0 Å². The number of halogens is 4. The van der Waals surface area contributed by atoms with Crippen LogP contribution in [0.5, 0.6) is 11.6 Å². The quantitative estimate of drug-likeness (QED) is 0.900. The molecule has 5 nitrogen and oxygen atoms in total. The van der Waals surface area contributed by atoms with Crippen LogP contribution in [-0.4, -0.2) is 21.0 Å². The van der Waals surface area contributed by atoms with E-state index in [0.29, 0.717) is 10.5 Å². The van der Waals surface area contributed by atoms with Gasteiger partial charge >= 0.3 is 12.1 Å². The van der Waals surface area contributed by atoms with Crippen LogP contribution >= 0.6 is 15.9 Å². The number of hydrogen-bond acceptors (Lipinski definition) is 4. The fourth-order valence-electron chi connectivity index (χ4n) is 1.40. The van der Waals surface area contributed by atoms with E-state index < -0.39 is 29.3 Å². The Kier molecular flexibility index (Phi) is 4.12. The summed E-state index contributed by atoms with van der Waals surface area (Å²) in [5.41, 5.74) is -1.73. The first-order valence-electron chi connectivity index (χ1n) is 5.37. The molecule has 0 aromatic carbocycles. The highest BCUT2D eigenvalue weighted by Crippen LogP contribution is 2.32. The fraction of sp³-hybridized carbons (Fsp3) is 0.0833. The summed E-state index contributed by atoms with van der Waals surface area (Å²) in [6, 6.07) is 2.79. The van der Waals surface area contributed by atoms with E-state index in [2.05, 4.69) is 25.9 Å². The molecule has 0 fully saturated rings. The number of alkyl halides is 3. The zero-order valence-electron chi connectivity index (χ0n) is 10.1. The minimum absolute atomic E-state index is 0.0544. The number of rotatable bonds is 3. The zero-order chi connectivity index (χ0) is 15.6. The largest absolute Gasteiger partial charge is 0.477 e. The third-order valence-corrected chi connectivity index (χ3v) is 2.71. The second kappa shape index (κ2) is 5.68. The summed E-state index contributed by atoms with van der Waals surface area (Å²) >= 11 is 3.11. The number of hydrogen-bond donors (Lipinski definition) is 1. The average molecular weight is 363 g/mol. The number of aromatic nitrogens is 2.